The largest absolute Gasteiger partial charge is 0.347 e. The summed E-state index contributed by atoms with van der Waals surface area (Å²) >= 11 is 0. The van der Waals surface area contributed by atoms with Crippen molar-refractivity contribution in [3.63, 3.8) is 0 Å². The van der Waals surface area contributed by atoms with E-state index in [0.29, 0.717) is 39.0 Å². The second kappa shape index (κ2) is 7.87. The SMILES string of the molecule is C#CN1CC[C@@H](NS(=O)(=O)c2cccc(C(=O)NC3CCN(C#N)C3)c2)C1. The first-order chi connectivity index (χ1) is 12.9. The van der Waals surface area contributed by atoms with Crippen molar-refractivity contribution in [3.05, 3.63) is 29.8 Å². The second-order valence-corrected chi connectivity index (χ2v) is 8.43. The van der Waals surface area contributed by atoms with Gasteiger partial charge in [-0.25, -0.2) is 13.1 Å². The zero-order chi connectivity index (χ0) is 19.4. The van der Waals surface area contributed by atoms with Crippen LogP contribution in [-0.4, -0.2) is 62.4 Å². The first-order valence-electron chi connectivity index (χ1n) is 8.70. The van der Waals surface area contributed by atoms with Gasteiger partial charge in [-0.2, -0.15) is 5.26 Å². The first kappa shape index (κ1) is 19.0. The predicted octanol–water partition coefficient (Wildman–Crippen LogP) is -0.0849. The summed E-state index contributed by atoms with van der Waals surface area (Å²) in [4.78, 5) is 15.8. The minimum absolute atomic E-state index is 0.0411. The molecule has 0 spiro atoms. The summed E-state index contributed by atoms with van der Waals surface area (Å²) in [6.45, 7) is 2.19. The molecule has 2 fully saturated rings. The zero-order valence-electron chi connectivity index (χ0n) is 14.8. The van der Waals surface area contributed by atoms with Gasteiger partial charge in [0.05, 0.1) is 4.90 Å². The lowest BCUT2D eigenvalue weighted by atomic mass is 10.2. The highest BCUT2D eigenvalue weighted by atomic mass is 32.2. The Bertz CT molecular complexity index is 902. The molecule has 0 saturated carbocycles. The summed E-state index contributed by atoms with van der Waals surface area (Å²) in [5.74, 6) is -0.351. The number of benzene rings is 1. The number of hydrogen-bond donors (Lipinski definition) is 2. The lowest BCUT2D eigenvalue weighted by Crippen LogP contribution is -2.37. The molecule has 2 aliphatic rings. The summed E-state index contributed by atoms with van der Waals surface area (Å²) < 4.78 is 27.9. The predicted molar refractivity (Wildman–Crippen MR) is 98.6 cm³/mol. The Kier molecular flexibility index (Phi) is 5.54. The number of carbonyl (C=O) groups is 1. The van der Waals surface area contributed by atoms with E-state index in [0.717, 1.165) is 0 Å². The summed E-state index contributed by atoms with van der Waals surface area (Å²) in [6.07, 6.45) is 8.72. The standard InChI is InChI=1S/C18H21N5O3S/c1-2-22-8-7-16(12-22)21-27(25,26)17-5-3-4-14(10-17)18(24)20-15-6-9-23(11-15)13-19/h1,3-5,10,15-16,21H,6-9,11-12H2,(H,20,24)/t15?,16-/m1/s1. The van der Waals surface area contributed by atoms with Gasteiger partial charge in [-0.05, 0) is 31.0 Å². The van der Waals surface area contributed by atoms with E-state index in [1.807, 2.05) is 0 Å². The first-order valence-corrected chi connectivity index (χ1v) is 10.2. The number of terminal acetylenes is 1. The maximum atomic E-state index is 12.6. The molecule has 1 amide bonds. The minimum atomic E-state index is -3.75. The quantitative estimate of drug-likeness (QED) is 0.541. The van der Waals surface area contributed by atoms with Crippen LogP contribution in [0.15, 0.2) is 29.2 Å². The fourth-order valence-corrected chi connectivity index (χ4v) is 4.61. The van der Waals surface area contributed by atoms with Gasteiger partial charge in [-0.3, -0.25) is 4.79 Å². The smallest absolute Gasteiger partial charge is 0.251 e. The Morgan fingerprint density at radius 2 is 1.89 bits per heavy atom. The molecule has 2 atom stereocenters. The van der Waals surface area contributed by atoms with E-state index in [4.69, 9.17) is 11.7 Å². The lowest BCUT2D eigenvalue weighted by Gasteiger charge is -2.15. The molecule has 8 nitrogen and oxygen atoms in total. The molecule has 1 aromatic carbocycles. The summed E-state index contributed by atoms with van der Waals surface area (Å²) in [7, 11) is -3.75. The van der Waals surface area contributed by atoms with Gasteiger partial charge < -0.3 is 15.1 Å². The van der Waals surface area contributed by atoms with Crippen LogP contribution < -0.4 is 10.0 Å². The Morgan fingerprint density at radius 1 is 1.19 bits per heavy atom. The van der Waals surface area contributed by atoms with Gasteiger partial charge in [0.2, 0.25) is 10.0 Å². The van der Waals surface area contributed by atoms with Crippen molar-refractivity contribution in [3.8, 4) is 18.7 Å². The van der Waals surface area contributed by atoms with E-state index in [1.54, 1.807) is 21.9 Å². The third kappa shape index (κ3) is 4.51. The molecule has 0 radical (unpaired) electrons. The van der Waals surface area contributed by atoms with Gasteiger partial charge in [0.15, 0.2) is 6.19 Å². The van der Waals surface area contributed by atoms with Gasteiger partial charge in [0, 0.05) is 49.9 Å². The number of hydrogen-bond acceptors (Lipinski definition) is 6. The Morgan fingerprint density at radius 3 is 2.56 bits per heavy atom. The number of sulfonamides is 1. The number of carbonyl (C=O) groups excluding carboxylic acids is 1. The fourth-order valence-electron chi connectivity index (χ4n) is 3.30. The topological polar surface area (TPSA) is 106 Å². The molecule has 9 heteroatoms. The molecule has 2 heterocycles. The van der Waals surface area contributed by atoms with E-state index in [-0.39, 0.29) is 28.4 Å². The van der Waals surface area contributed by atoms with E-state index < -0.39 is 10.0 Å². The van der Waals surface area contributed by atoms with Gasteiger partial charge in [-0.15, -0.1) is 0 Å². The van der Waals surface area contributed by atoms with Crippen LogP contribution >= 0.6 is 0 Å². The van der Waals surface area contributed by atoms with Crippen LogP contribution in [0, 0.1) is 23.9 Å². The van der Waals surface area contributed by atoms with Crippen LogP contribution in [0.1, 0.15) is 23.2 Å². The number of nitrogens with zero attached hydrogens (tertiary/aromatic N) is 3. The Balaban J connectivity index is 1.67. The monoisotopic (exact) mass is 387 g/mol. The Hall–Kier alpha value is -2.75. The second-order valence-electron chi connectivity index (χ2n) is 6.71. The zero-order valence-corrected chi connectivity index (χ0v) is 15.6. The molecule has 2 saturated heterocycles. The van der Waals surface area contributed by atoms with Crippen molar-refractivity contribution in [1.82, 2.24) is 19.8 Å². The number of rotatable bonds is 5. The lowest BCUT2D eigenvalue weighted by molar-refractivity contribution is 0.0938. The maximum Gasteiger partial charge on any atom is 0.251 e. The molecule has 1 aromatic rings. The highest BCUT2D eigenvalue weighted by molar-refractivity contribution is 7.89. The number of nitriles is 1. The summed E-state index contributed by atoms with van der Waals surface area (Å²) in [6, 6.07) is 8.07. The van der Waals surface area contributed by atoms with Crippen molar-refractivity contribution in [2.45, 2.75) is 29.8 Å². The van der Waals surface area contributed by atoms with Crippen molar-refractivity contribution in [1.29, 1.82) is 5.26 Å². The molecule has 2 N–H and O–H groups in total. The van der Waals surface area contributed by atoms with E-state index >= 15 is 0 Å². The van der Waals surface area contributed by atoms with Gasteiger partial charge in [0.1, 0.15) is 0 Å². The van der Waals surface area contributed by atoms with E-state index in [2.05, 4.69) is 22.3 Å². The number of amides is 1. The van der Waals surface area contributed by atoms with Crippen molar-refractivity contribution >= 4 is 15.9 Å². The van der Waals surface area contributed by atoms with Crippen LogP contribution in [-0.2, 0) is 10.0 Å². The highest BCUT2D eigenvalue weighted by Crippen LogP contribution is 2.16. The van der Waals surface area contributed by atoms with Gasteiger partial charge in [-0.1, -0.05) is 12.5 Å². The molecule has 0 aliphatic carbocycles. The summed E-state index contributed by atoms with van der Waals surface area (Å²) in [5.41, 5.74) is 0.268. The molecule has 3 rings (SSSR count). The van der Waals surface area contributed by atoms with Crippen molar-refractivity contribution in [2.75, 3.05) is 26.2 Å². The van der Waals surface area contributed by atoms with Gasteiger partial charge >= 0.3 is 0 Å². The molecular weight excluding hydrogens is 366 g/mol. The average molecular weight is 387 g/mol. The van der Waals surface area contributed by atoms with Crippen LogP contribution in [0.2, 0.25) is 0 Å². The number of nitrogens with one attached hydrogen (secondary N) is 2. The molecular formula is C18H21N5O3S. The van der Waals surface area contributed by atoms with Crippen LogP contribution in [0.4, 0.5) is 0 Å². The van der Waals surface area contributed by atoms with Crippen LogP contribution in [0.3, 0.4) is 0 Å². The minimum Gasteiger partial charge on any atom is -0.347 e. The highest BCUT2D eigenvalue weighted by Gasteiger charge is 2.27. The molecule has 0 bridgehead atoms. The van der Waals surface area contributed by atoms with E-state index in [1.165, 1.54) is 12.1 Å². The summed E-state index contributed by atoms with van der Waals surface area (Å²) in [5, 5.41) is 11.7. The van der Waals surface area contributed by atoms with Crippen LogP contribution in [0.5, 0.6) is 0 Å². The third-order valence-electron chi connectivity index (χ3n) is 4.76. The number of likely N-dealkylation sites (tertiary alicyclic amines) is 2. The normalized spacial score (nSPS) is 22.3. The van der Waals surface area contributed by atoms with Crippen molar-refractivity contribution in [2.24, 2.45) is 0 Å². The Labute approximate surface area is 159 Å². The molecule has 1 unspecified atom stereocenters. The molecule has 0 aromatic heterocycles. The average Bonchev–Trinajstić information content (AvgIpc) is 3.30. The van der Waals surface area contributed by atoms with Gasteiger partial charge in [0.25, 0.3) is 5.91 Å². The van der Waals surface area contributed by atoms with Crippen LogP contribution in [0.25, 0.3) is 0 Å². The maximum absolute atomic E-state index is 12.6. The van der Waals surface area contributed by atoms with E-state index in [9.17, 15) is 13.2 Å². The molecule has 2 aliphatic heterocycles. The molecule has 142 valence electrons. The fraction of sp³-hybridized carbons (Fsp3) is 0.444. The molecule has 27 heavy (non-hydrogen) atoms. The third-order valence-corrected chi connectivity index (χ3v) is 6.28. The van der Waals surface area contributed by atoms with Crippen molar-refractivity contribution < 1.29 is 13.2 Å².